The van der Waals surface area contributed by atoms with E-state index < -0.39 is 10.0 Å². The topological polar surface area (TPSA) is 66.5 Å². The third kappa shape index (κ3) is 4.16. The van der Waals surface area contributed by atoms with Crippen molar-refractivity contribution >= 4 is 15.9 Å². The molecule has 1 aliphatic carbocycles. The van der Waals surface area contributed by atoms with Crippen LogP contribution in [0.15, 0.2) is 29.2 Å². The fourth-order valence-corrected chi connectivity index (χ4v) is 4.60. The number of hydrogen-bond donors (Lipinski definition) is 1. The Balaban J connectivity index is 1.75. The van der Waals surface area contributed by atoms with Gasteiger partial charge in [0.05, 0.1) is 4.90 Å². The highest BCUT2D eigenvalue weighted by atomic mass is 32.2. The second-order valence-corrected chi connectivity index (χ2v) is 9.25. The van der Waals surface area contributed by atoms with Gasteiger partial charge >= 0.3 is 0 Å². The molecule has 1 heterocycles. The lowest BCUT2D eigenvalue weighted by Gasteiger charge is -2.35. The third-order valence-corrected chi connectivity index (χ3v) is 6.23. The minimum absolute atomic E-state index is 0.0763. The number of rotatable bonds is 5. The standard InChI is InChI=1S/C18H26N2O3S/c1-13-8-14(2)12-20(11-13)18(21)16-4-3-5-17(9-16)24(22,23)19-10-15-6-7-15/h3-5,9,13-15,19H,6-8,10-12H2,1-2H3/t13-,14-/m1/s1. The number of sulfonamides is 1. The first-order valence-corrected chi connectivity index (χ1v) is 10.2. The summed E-state index contributed by atoms with van der Waals surface area (Å²) in [6.07, 6.45) is 3.31. The van der Waals surface area contributed by atoms with E-state index in [1.54, 1.807) is 18.2 Å². The molecule has 1 aromatic carbocycles. The Hall–Kier alpha value is -1.40. The van der Waals surface area contributed by atoms with Crippen molar-refractivity contribution in [2.75, 3.05) is 19.6 Å². The average Bonchev–Trinajstić information content (AvgIpc) is 3.36. The molecule has 6 heteroatoms. The van der Waals surface area contributed by atoms with Crippen molar-refractivity contribution in [2.45, 2.75) is 38.0 Å². The van der Waals surface area contributed by atoms with Gasteiger partial charge in [0.1, 0.15) is 0 Å². The van der Waals surface area contributed by atoms with Crippen LogP contribution in [0.3, 0.4) is 0 Å². The number of likely N-dealkylation sites (tertiary alicyclic amines) is 1. The maximum atomic E-state index is 12.8. The Morgan fingerprint density at radius 3 is 2.50 bits per heavy atom. The Morgan fingerprint density at radius 1 is 1.21 bits per heavy atom. The molecule has 1 saturated carbocycles. The number of hydrogen-bond acceptors (Lipinski definition) is 3. The zero-order valence-corrected chi connectivity index (χ0v) is 15.2. The quantitative estimate of drug-likeness (QED) is 0.887. The van der Waals surface area contributed by atoms with Gasteiger partial charge in [0.25, 0.3) is 5.91 Å². The van der Waals surface area contributed by atoms with Gasteiger partial charge in [0.2, 0.25) is 10.0 Å². The van der Waals surface area contributed by atoms with E-state index in [1.807, 2.05) is 4.90 Å². The molecule has 0 bridgehead atoms. The molecule has 2 fully saturated rings. The van der Waals surface area contributed by atoms with Crippen molar-refractivity contribution in [3.05, 3.63) is 29.8 Å². The maximum Gasteiger partial charge on any atom is 0.253 e. The zero-order chi connectivity index (χ0) is 17.3. The molecule has 1 amide bonds. The van der Waals surface area contributed by atoms with E-state index in [1.165, 1.54) is 6.07 Å². The largest absolute Gasteiger partial charge is 0.338 e. The van der Waals surface area contributed by atoms with Crippen molar-refractivity contribution in [2.24, 2.45) is 17.8 Å². The Labute approximate surface area is 144 Å². The second-order valence-electron chi connectivity index (χ2n) is 7.48. The van der Waals surface area contributed by atoms with E-state index in [4.69, 9.17) is 0 Å². The van der Waals surface area contributed by atoms with Gasteiger partial charge < -0.3 is 4.90 Å². The van der Waals surface area contributed by atoms with Crippen LogP contribution in [0.5, 0.6) is 0 Å². The van der Waals surface area contributed by atoms with E-state index in [9.17, 15) is 13.2 Å². The molecule has 3 rings (SSSR count). The van der Waals surface area contributed by atoms with Crippen LogP contribution in [0.1, 0.15) is 43.5 Å². The van der Waals surface area contributed by atoms with E-state index >= 15 is 0 Å². The van der Waals surface area contributed by atoms with Crippen molar-refractivity contribution < 1.29 is 13.2 Å². The number of carbonyl (C=O) groups is 1. The van der Waals surface area contributed by atoms with Gasteiger partial charge in [-0.25, -0.2) is 13.1 Å². The van der Waals surface area contributed by atoms with Crippen LogP contribution in [0.4, 0.5) is 0 Å². The molecule has 24 heavy (non-hydrogen) atoms. The van der Waals surface area contributed by atoms with E-state index in [0.29, 0.717) is 29.9 Å². The van der Waals surface area contributed by atoms with Crippen LogP contribution in [-0.2, 0) is 10.0 Å². The van der Waals surface area contributed by atoms with Gasteiger partial charge in [-0.1, -0.05) is 19.9 Å². The molecular weight excluding hydrogens is 324 g/mol. The summed E-state index contributed by atoms with van der Waals surface area (Å²) < 4.78 is 27.4. The Morgan fingerprint density at radius 2 is 1.88 bits per heavy atom. The van der Waals surface area contributed by atoms with E-state index in [-0.39, 0.29) is 10.8 Å². The highest BCUT2D eigenvalue weighted by Gasteiger charge is 2.28. The number of carbonyl (C=O) groups excluding carboxylic acids is 1. The summed E-state index contributed by atoms with van der Waals surface area (Å²) in [5.41, 5.74) is 0.450. The molecule has 0 radical (unpaired) electrons. The molecule has 1 N–H and O–H groups in total. The van der Waals surface area contributed by atoms with Crippen LogP contribution in [0.25, 0.3) is 0 Å². The average molecular weight is 350 g/mol. The lowest BCUT2D eigenvalue weighted by Crippen LogP contribution is -2.42. The van der Waals surface area contributed by atoms with Gasteiger partial charge in [-0.05, 0) is 55.2 Å². The monoisotopic (exact) mass is 350 g/mol. The van der Waals surface area contributed by atoms with Gasteiger partial charge in [-0.2, -0.15) is 0 Å². The summed E-state index contributed by atoms with van der Waals surface area (Å²) in [7, 11) is -3.54. The number of nitrogens with one attached hydrogen (secondary N) is 1. The molecule has 2 aliphatic rings. The van der Waals surface area contributed by atoms with E-state index in [2.05, 4.69) is 18.6 Å². The van der Waals surface area contributed by atoms with Gasteiger partial charge in [0.15, 0.2) is 0 Å². The SMILES string of the molecule is C[C@@H]1C[C@@H](C)CN(C(=O)c2cccc(S(=O)(=O)NCC3CC3)c2)C1. The predicted molar refractivity (Wildman–Crippen MR) is 93.2 cm³/mol. The molecule has 2 atom stereocenters. The summed E-state index contributed by atoms with van der Waals surface area (Å²) in [5, 5.41) is 0. The second kappa shape index (κ2) is 6.84. The molecule has 5 nitrogen and oxygen atoms in total. The molecular formula is C18H26N2O3S. The molecule has 0 aromatic heterocycles. The van der Waals surface area contributed by atoms with Crippen molar-refractivity contribution in [3.8, 4) is 0 Å². The van der Waals surface area contributed by atoms with Crippen LogP contribution >= 0.6 is 0 Å². The number of piperidine rings is 1. The zero-order valence-electron chi connectivity index (χ0n) is 14.4. The molecule has 1 aromatic rings. The molecule has 1 aliphatic heterocycles. The normalized spacial score (nSPS) is 24.8. The lowest BCUT2D eigenvalue weighted by atomic mass is 9.91. The summed E-state index contributed by atoms with van der Waals surface area (Å²) in [6.45, 7) is 6.26. The van der Waals surface area contributed by atoms with Crippen LogP contribution < -0.4 is 4.72 Å². The fourth-order valence-electron chi connectivity index (χ4n) is 3.44. The molecule has 132 valence electrons. The highest BCUT2D eigenvalue weighted by Crippen LogP contribution is 2.28. The molecule has 0 unspecified atom stereocenters. The van der Waals surface area contributed by atoms with Crippen LogP contribution in [0, 0.1) is 17.8 Å². The number of amides is 1. The number of benzene rings is 1. The van der Waals surface area contributed by atoms with Crippen LogP contribution in [0.2, 0.25) is 0 Å². The van der Waals surface area contributed by atoms with Crippen molar-refractivity contribution in [1.82, 2.24) is 9.62 Å². The first-order valence-electron chi connectivity index (χ1n) is 8.74. The number of nitrogens with zero attached hydrogens (tertiary/aromatic N) is 1. The fraction of sp³-hybridized carbons (Fsp3) is 0.611. The summed E-state index contributed by atoms with van der Waals surface area (Å²) in [6, 6.07) is 6.40. The smallest absolute Gasteiger partial charge is 0.253 e. The Bertz CT molecular complexity index is 703. The van der Waals surface area contributed by atoms with Gasteiger partial charge in [-0.3, -0.25) is 4.79 Å². The third-order valence-electron chi connectivity index (χ3n) is 4.81. The van der Waals surface area contributed by atoms with Crippen molar-refractivity contribution in [1.29, 1.82) is 0 Å². The van der Waals surface area contributed by atoms with Gasteiger partial charge in [-0.15, -0.1) is 0 Å². The van der Waals surface area contributed by atoms with Crippen molar-refractivity contribution in [3.63, 3.8) is 0 Å². The Kier molecular flexibility index (Phi) is 4.97. The maximum absolute atomic E-state index is 12.8. The van der Waals surface area contributed by atoms with Crippen LogP contribution in [-0.4, -0.2) is 38.9 Å². The summed E-state index contributed by atoms with van der Waals surface area (Å²) in [5.74, 6) is 1.35. The first kappa shape index (κ1) is 17.4. The summed E-state index contributed by atoms with van der Waals surface area (Å²) in [4.78, 5) is 14.8. The molecule has 1 saturated heterocycles. The minimum atomic E-state index is -3.54. The predicted octanol–water partition coefficient (Wildman–Crippen LogP) is 2.49. The minimum Gasteiger partial charge on any atom is -0.338 e. The lowest BCUT2D eigenvalue weighted by molar-refractivity contribution is 0.0623. The highest BCUT2D eigenvalue weighted by molar-refractivity contribution is 7.89. The van der Waals surface area contributed by atoms with E-state index in [0.717, 1.165) is 32.4 Å². The summed E-state index contributed by atoms with van der Waals surface area (Å²) >= 11 is 0. The molecule has 0 spiro atoms. The van der Waals surface area contributed by atoms with Gasteiger partial charge in [0, 0.05) is 25.2 Å². The first-order chi connectivity index (χ1) is 11.3.